The van der Waals surface area contributed by atoms with Crippen molar-refractivity contribution >= 4 is 33.2 Å². The van der Waals surface area contributed by atoms with E-state index in [-0.39, 0.29) is 6.04 Å². The topological polar surface area (TPSA) is 24.9 Å². The summed E-state index contributed by atoms with van der Waals surface area (Å²) in [4.78, 5) is 4.52. The van der Waals surface area contributed by atoms with E-state index in [9.17, 15) is 0 Å². The highest BCUT2D eigenvalue weighted by atomic mass is 35.5. The number of nitrogens with one attached hydrogen (secondary N) is 1. The highest BCUT2D eigenvalue weighted by Gasteiger charge is 2.11. The van der Waals surface area contributed by atoms with Crippen molar-refractivity contribution in [2.75, 3.05) is 7.05 Å². The molecule has 1 aromatic carbocycles. The second-order valence-corrected chi connectivity index (χ2v) is 6.13. The highest BCUT2D eigenvalue weighted by molar-refractivity contribution is 7.17. The van der Waals surface area contributed by atoms with Gasteiger partial charge in [-0.3, -0.25) is 4.98 Å². The van der Waals surface area contributed by atoms with E-state index in [1.807, 2.05) is 25.4 Å². The van der Waals surface area contributed by atoms with Crippen LogP contribution in [0.5, 0.6) is 0 Å². The van der Waals surface area contributed by atoms with E-state index >= 15 is 0 Å². The molecule has 0 aliphatic carbocycles. The standard InChI is InChI=1S/C16H15ClN2S/c1-18-15(8-11-2-4-13(17)5-3-11)12-9-16-14(19-10-12)6-7-20-16/h2-7,9-10,15,18H,8H2,1H3. The molecule has 0 spiro atoms. The Bertz CT molecular complexity index is 706. The van der Waals surface area contributed by atoms with Gasteiger partial charge in [0.1, 0.15) is 0 Å². The quantitative estimate of drug-likeness (QED) is 0.770. The highest BCUT2D eigenvalue weighted by Crippen LogP contribution is 2.25. The molecule has 0 radical (unpaired) electrons. The number of nitrogens with zero attached hydrogens (tertiary/aromatic N) is 1. The summed E-state index contributed by atoms with van der Waals surface area (Å²) in [5, 5.41) is 6.22. The molecule has 4 heteroatoms. The second-order valence-electron chi connectivity index (χ2n) is 4.74. The number of hydrogen-bond donors (Lipinski definition) is 1. The van der Waals surface area contributed by atoms with Gasteiger partial charge in [-0.25, -0.2) is 0 Å². The first-order chi connectivity index (χ1) is 9.76. The summed E-state index contributed by atoms with van der Waals surface area (Å²) in [5.74, 6) is 0. The maximum Gasteiger partial charge on any atom is 0.0809 e. The summed E-state index contributed by atoms with van der Waals surface area (Å²) < 4.78 is 1.24. The molecule has 2 heterocycles. The number of hydrogen-bond acceptors (Lipinski definition) is 3. The lowest BCUT2D eigenvalue weighted by atomic mass is 10.0. The van der Waals surface area contributed by atoms with Crippen molar-refractivity contribution in [2.45, 2.75) is 12.5 Å². The molecule has 0 aliphatic heterocycles. The molecule has 1 unspecified atom stereocenters. The van der Waals surface area contributed by atoms with Gasteiger partial charge in [0.05, 0.1) is 10.2 Å². The summed E-state index contributed by atoms with van der Waals surface area (Å²) in [6.07, 6.45) is 2.89. The van der Waals surface area contributed by atoms with Crippen molar-refractivity contribution < 1.29 is 0 Å². The predicted octanol–water partition coefficient (Wildman–Crippen LogP) is 4.45. The zero-order chi connectivity index (χ0) is 13.9. The van der Waals surface area contributed by atoms with E-state index < -0.39 is 0 Å². The van der Waals surface area contributed by atoms with Crippen molar-refractivity contribution in [3.05, 3.63) is 64.1 Å². The Balaban J connectivity index is 1.86. The number of thiophene rings is 1. The van der Waals surface area contributed by atoms with Crippen LogP contribution in [0.1, 0.15) is 17.2 Å². The van der Waals surface area contributed by atoms with Gasteiger partial charge in [-0.1, -0.05) is 23.7 Å². The third kappa shape index (κ3) is 2.85. The van der Waals surface area contributed by atoms with Gasteiger partial charge >= 0.3 is 0 Å². The van der Waals surface area contributed by atoms with E-state index in [2.05, 4.69) is 39.9 Å². The van der Waals surface area contributed by atoms with Gasteiger partial charge in [-0.2, -0.15) is 0 Å². The summed E-state index contributed by atoms with van der Waals surface area (Å²) >= 11 is 7.66. The zero-order valence-electron chi connectivity index (χ0n) is 11.1. The van der Waals surface area contributed by atoms with Crippen LogP contribution in [-0.4, -0.2) is 12.0 Å². The second kappa shape index (κ2) is 5.92. The van der Waals surface area contributed by atoms with Gasteiger partial charge in [0.2, 0.25) is 0 Å². The molecule has 2 nitrogen and oxygen atoms in total. The van der Waals surface area contributed by atoms with Gasteiger partial charge in [0.25, 0.3) is 0 Å². The summed E-state index contributed by atoms with van der Waals surface area (Å²) in [6.45, 7) is 0. The fourth-order valence-electron chi connectivity index (χ4n) is 2.29. The van der Waals surface area contributed by atoms with Gasteiger partial charge in [-0.05, 0) is 54.2 Å². The molecule has 0 fully saturated rings. The maximum absolute atomic E-state index is 5.93. The molecule has 0 saturated carbocycles. The van der Waals surface area contributed by atoms with Crippen LogP contribution in [0, 0.1) is 0 Å². The van der Waals surface area contributed by atoms with Crippen molar-refractivity contribution in [3.63, 3.8) is 0 Å². The van der Waals surface area contributed by atoms with E-state index in [1.165, 1.54) is 15.8 Å². The first-order valence-electron chi connectivity index (χ1n) is 6.51. The van der Waals surface area contributed by atoms with Crippen LogP contribution in [0.15, 0.2) is 48.0 Å². The maximum atomic E-state index is 5.93. The normalized spacial score (nSPS) is 12.7. The average Bonchev–Trinajstić information content (AvgIpc) is 2.94. The summed E-state index contributed by atoms with van der Waals surface area (Å²) in [6, 6.07) is 12.6. The monoisotopic (exact) mass is 302 g/mol. The molecular weight excluding hydrogens is 288 g/mol. The van der Waals surface area contributed by atoms with Crippen molar-refractivity contribution in [1.29, 1.82) is 0 Å². The summed E-state index contributed by atoms with van der Waals surface area (Å²) in [5.41, 5.74) is 3.55. The average molecular weight is 303 g/mol. The third-order valence-corrected chi connectivity index (χ3v) is 4.53. The Hall–Kier alpha value is -1.42. The number of halogens is 1. The molecule has 0 bridgehead atoms. The molecule has 0 amide bonds. The van der Waals surface area contributed by atoms with Crippen molar-refractivity contribution in [1.82, 2.24) is 10.3 Å². The number of aromatic nitrogens is 1. The lowest BCUT2D eigenvalue weighted by Crippen LogP contribution is -2.18. The first-order valence-corrected chi connectivity index (χ1v) is 7.77. The van der Waals surface area contributed by atoms with Gasteiger partial charge in [0.15, 0.2) is 0 Å². The Kier molecular flexibility index (Phi) is 4.01. The van der Waals surface area contributed by atoms with Gasteiger partial charge in [-0.15, -0.1) is 11.3 Å². The minimum Gasteiger partial charge on any atom is -0.313 e. The van der Waals surface area contributed by atoms with Crippen LogP contribution in [0.25, 0.3) is 10.2 Å². The van der Waals surface area contributed by atoms with E-state index in [4.69, 9.17) is 11.6 Å². The van der Waals surface area contributed by atoms with Crippen LogP contribution in [0.4, 0.5) is 0 Å². The van der Waals surface area contributed by atoms with Crippen LogP contribution in [0.3, 0.4) is 0 Å². The third-order valence-electron chi connectivity index (χ3n) is 3.43. The lowest BCUT2D eigenvalue weighted by Gasteiger charge is -2.16. The minimum atomic E-state index is 0.259. The SMILES string of the molecule is CNC(Cc1ccc(Cl)cc1)c1cnc2ccsc2c1. The lowest BCUT2D eigenvalue weighted by molar-refractivity contribution is 0.591. The molecule has 102 valence electrons. The minimum absolute atomic E-state index is 0.259. The Morgan fingerprint density at radius 1 is 1.25 bits per heavy atom. The molecule has 20 heavy (non-hydrogen) atoms. The first kappa shape index (κ1) is 13.6. The predicted molar refractivity (Wildman–Crippen MR) is 86.6 cm³/mol. The number of likely N-dealkylation sites (N-methyl/N-ethyl adjacent to an activating group) is 1. The molecule has 0 saturated heterocycles. The largest absolute Gasteiger partial charge is 0.313 e. The van der Waals surface area contributed by atoms with Crippen molar-refractivity contribution in [3.8, 4) is 0 Å². The Morgan fingerprint density at radius 2 is 2.05 bits per heavy atom. The molecular formula is C16H15ClN2S. The van der Waals surface area contributed by atoms with E-state index in [1.54, 1.807) is 11.3 Å². The molecule has 3 aromatic rings. The number of rotatable bonds is 4. The van der Waals surface area contributed by atoms with Crippen molar-refractivity contribution in [2.24, 2.45) is 0 Å². The fourth-order valence-corrected chi connectivity index (χ4v) is 3.21. The van der Waals surface area contributed by atoms with Crippen LogP contribution in [0.2, 0.25) is 5.02 Å². The Labute approximate surface area is 127 Å². The van der Waals surface area contributed by atoms with E-state index in [0.717, 1.165) is 17.0 Å². The molecule has 2 aromatic heterocycles. The number of pyridine rings is 1. The van der Waals surface area contributed by atoms with E-state index in [0.29, 0.717) is 0 Å². The van der Waals surface area contributed by atoms with Gasteiger partial charge < -0.3 is 5.32 Å². The number of fused-ring (bicyclic) bond motifs is 1. The Morgan fingerprint density at radius 3 is 2.80 bits per heavy atom. The molecule has 3 rings (SSSR count). The molecule has 1 atom stereocenters. The fraction of sp³-hybridized carbons (Fsp3) is 0.188. The number of benzene rings is 1. The van der Waals surface area contributed by atoms with Crippen LogP contribution < -0.4 is 5.32 Å². The molecule has 1 N–H and O–H groups in total. The smallest absolute Gasteiger partial charge is 0.0809 e. The van der Waals surface area contributed by atoms with Crippen LogP contribution >= 0.6 is 22.9 Å². The van der Waals surface area contributed by atoms with Gasteiger partial charge in [0, 0.05) is 17.3 Å². The van der Waals surface area contributed by atoms with Crippen LogP contribution in [-0.2, 0) is 6.42 Å². The zero-order valence-corrected chi connectivity index (χ0v) is 12.7. The molecule has 0 aliphatic rings. The summed E-state index contributed by atoms with van der Waals surface area (Å²) in [7, 11) is 1.99.